The molecule has 1 fully saturated rings. The maximum Gasteiger partial charge on any atom is 0.433 e. The molecule has 0 aromatic heterocycles. The van der Waals surface area contributed by atoms with Gasteiger partial charge in [0.25, 0.3) is 0 Å². The van der Waals surface area contributed by atoms with Crippen molar-refractivity contribution < 1.29 is 40.9 Å². The van der Waals surface area contributed by atoms with E-state index in [2.05, 4.69) is 5.32 Å². The van der Waals surface area contributed by atoms with Crippen LogP contribution < -0.4 is 15.0 Å². The van der Waals surface area contributed by atoms with Crippen molar-refractivity contribution in [3.05, 3.63) is 53.6 Å². The first-order valence-electron chi connectivity index (χ1n) is 9.70. The van der Waals surface area contributed by atoms with Gasteiger partial charge in [-0.15, -0.1) is 0 Å². The van der Waals surface area contributed by atoms with Crippen molar-refractivity contribution in [1.29, 1.82) is 5.26 Å². The molecular weight excluding hydrogens is 456 g/mol. The van der Waals surface area contributed by atoms with Gasteiger partial charge in [0.2, 0.25) is 6.23 Å². The molecule has 2 aromatic rings. The van der Waals surface area contributed by atoms with Crippen LogP contribution in [0.2, 0.25) is 0 Å². The quantitative estimate of drug-likeness (QED) is 0.586. The first-order valence-corrected chi connectivity index (χ1v) is 9.70. The summed E-state index contributed by atoms with van der Waals surface area (Å²) in [5.74, 6) is 0.355. The standard InChI is InChI=1S/C21H19F6N3O3/c22-20(23,24)18-9-15(4-1-13(18)10-28)30-11-17(33-19(30)21(25,26)27)12-32-16-5-2-14(3-6-16)29-7-8-31/h1-6,9,17,19,29,31H,7-8,11-12H2/t17-,19+/m0/s1. The summed E-state index contributed by atoms with van der Waals surface area (Å²) in [6.07, 6.45) is -13.3. The zero-order chi connectivity index (χ0) is 24.2. The van der Waals surface area contributed by atoms with Crippen LogP contribution in [0.5, 0.6) is 5.75 Å². The topological polar surface area (TPSA) is 77.8 Å². The predicted octanol–water partition coefficient (Wildman–Crippen LogP) is 4.15. The van der Waals surface area contributed by atoms with Gasteiger partial charge in [-0.2, -0.15) is 31.6 Å². The van der Waals surface area contributed by atoms with Crippen LogP contribution in [0.15, 0.2) is 42.5 Å². The van der Waals surface area contributed by atoms with Gasteiger partial charge in [0.05, 0.1) is 30.3 Å². The van der Waals surface area contributed by atoms with E-state index < -0.39 is 35.8 Å². The molecule has 33 heavy (non-hydrogen) atoms. The molecule has 0 radical (unpaired) electrons. The molecule has 0 bridgehead atoms. The van der Waals surface area contributed by atoms with Crippen molar-refractivity contribution in [2.45, 2.75) is 24.7 Å². The maximum atomic E-state index is 13.6. The summed E-state index contributed by atoms with van der Waals surface area (Å²) in [5, 5.41) is 20.6. The van der Waals surface area contributed by atoms with Crippen LogP contribution in [-0.2, 0) is 10.9 Å². The lowest BCUT2D eigenvalue weighted by Gasteiger charge is -2.27. The van der Waals surface area contributed by atoms with Gasteiger partial charge in [-0.1, -0.05) is 0 Å². The number of alkyl halides is 6. The number of hydrogen-bond acceptors (Lipinski definition) is 6. The van der Waals surface area contributed by atoms with Crippen molar-refractivity contribution in [3.8, 4) is 11.8 Å². The molecule has 12 heteroatoms. The van der Waals surface area contributed by atoms with Crippen LogP contribution in [-0.4, -0.2) is 49.9 Å². The molecule has 3 rings (SSSR count). The highest BCUT2D eigenvalue weighted by atomic mass is 19.4. The molecule has 1 saturated heterocycles. The molecule has 178 valence electrons. The molecule has 1 heterocycles. The first kappa shape index (κ1) is 24.5. The number of nitriles is 1. The zero-order valence-electron chi connectivity index (χ0n) is 17.0. The molecule has 0 amide bonds. The summed E-state index contributed by atoms with van der Waals surface area (Å²) < 4.78 is 91.0. The Morgan fingerprint density at radius 3 is 2.39 bits per heavy atom. The van der Waals surface area contributed by atoms with E-state index in [0.29, 0.717) is 28.9 Å². The second kappa shape index (κ2) is 9.76. The number of anilines is 2. The van der Waals surface area contributed by atoms with E-state index in [4.69, 9.17) is 19.8 Å². The Morgan fingerprint density at radius 2 is 1.82 bits per heavy atom. The predicted molar refractivity (Wildman–Crippen MR) is 106 cm³/mol. The number of halogens is 6. The van der Waals surface area contributed by atoms with Crippen molar-refractivity contribution >= 4 is 11.4 Å². The van der Waals surface area contributed by atoms with Crippen LogP contribution in [0, 0.1) is 11.3 Å². The number of hydrogen-bond donors (Lipinski definition) is 2. The highest BCUT2D eigenvalue weighted by Gasteiger charge is 2.51. The van der Waals surface area contributed by atoms with Gasteiger partial charge in [0, 0.05) is 17.9 Å². The number of nitrogens with one attached hydrogen (secondary N) is 1. The van der Waals surface area contributed by atoms with E-state index in [9.17, 15) is 26.3 Å². The minimum atomic E-state index is -4.91. The van der Waals surface area contributed by atoms with E-state index >= 15 is 0 Å². The second-order valence-electron chi connectivity index (χ2n) is 7.13. The molecule has 6 nitrogen and oxygen atoms in total. The van der Waals surface area contributed by atoms with Crippen LogP contribution in [0.3, 0.4) is 0 Å². The van der Waals surface area contributed by atoms with Crippen LogP contribution in [0.1, 0.15) is 11.1 Å². The zero-order valence-corrected chi connectivity index (χ0v) is 17.0. The third kappa shape index (κ3) is 6.00. The molecule has 0 unspecified atom stereocenters. The number of ether oxygens (including phenoxy) is 2. The Bertz CT molecular complexity index is 989. The fourth-order valence-corrected chi connectivity index (χ4v) is 3.30. The average Bonchev–Trinajstić information content (AvgIpc) is 3.21. The fourth-order valence-electron chi connectivity index (χ4n) is 3.30. The number of aliphatic hydroxyl groups excluding tert-OH is 1. The molecule has 2 atom stereocenters. The van der Waals surface area contributed by atoms with Crippen LogP contribution in [0.4, 0.5) is 37.7 Å². The minimum absolute atomic E-state index is 0.0577. The summed E-state index contributed by atoms with van der Waals surface area (Å²) in [4.78, 5) is 0.673. The van der Waals surface area contributed by atoms with Gasteiger partial charge in [-0.25, -0.2) is 0 Å². The SMILES string of the molecule is N#Cc1ccc(N2C[C@@H](COc3ccc(NCCO)cc3)O[C@@H]2C(F)(F)F)cc1C(F)(F)F. The van der Waals surface area contributed by atoms with E-state index in [1.54, 1.807) is 24.3 Å². The normalized spacial score (nSPS) is 18.8. The molecule has 0 saturated carbocycles. The summed E-state index contributed by atoms with van der Waals surface area (Å²) in [7, 11) is 0. The lowest BCUT2D eigenvalue weighted by atomic mass is 10.1. The Hall–Kier alpha value is -3.17. The van der Waals surface area contributed by atoms with Gasteiger partial charge >= 0.3 is 12.4 Å². The van der Waals surface area contributed by atoms with E-state index in [0.717, 1.165) is 12.1 Å². The Labute approximate surface area is 184 Å². The number of benzene rings is 2. The molecule has 0 aliphatic carbocycles. The van der Waals surface area contributed by atoms with E-state index in [1.165, 1.54) is 6.07 Å². The number of nitrogens with zero attached hydrogens (tertiary/aromatic N) is 2. The van der Waals surface area contributed by atoms with Crippen LogP contribution >= 0.6 is 0 Å². The smallest absolute Gasteiger partial charge is 0.433 e. The van der Waals surface area contributed by atoms with Gasteiger partial charge in [0.1, 0.15) is 18.5 Å². The summed E-state index contributed by atoms with van der Waals surface area (Å²) >= 11 is 0. The van der Waals surface area contributed by atoms with E-state index in [-0.39, 0.29) is 25.4 Å². The van der Waals surface area contributed by atoms with E-state index in [1.807, 2.05) is 0 Å². The monoisotopic (exact) mass is 475 g/mol. The first-order chi connectivity index (χ1) is 15.5. The third-order valence-electron chi connectivity index (χ3n) is 4.78. The lowest BCUT2D eigenvalue weighted by molar-refractivity contribution is -0.215. The summed E-state index contributed by atoms with van der Waals surface area (Å²) in [6, 6.07) is 10.2. The minimum Gasteiger partial charge on any atom is -0.491 e. The Kier molecular flexibility index (Phi) is 7.24. The van der Waals surface area contributed by atoms with Crippen LogP contribution in [0.25, 0.3) is 0 Å². The van der Waals surface area contributed by atoms with Crippen molar-refractivity contribution in [2.75, 3.05) is 36.5 Å². The second-order valence-corrected chi connectivity index (χ2v) is 7.13. The molecule has 0 spiro atoms. The summed E-state index contributed by atoms with van der Waals surface area (Å²) in [5.41, 5.74) is -1.67. The number of aliphatic hydroxyl groups is 1. The molecular formula is C21H19F6N3O3. The van der Waals surface area contributed by atoms with Crippen molar-refractivity contribution in [3.63, 3.8) is 0 Å². The Balaban J connectivity index is 1.75. The molecule has 2 aromatic carbocycles. The highest BCUT2D eigenvalue weighted by Crippen LogP contribution is 2.39. The molecule has 1 aliphatic rings. The largest absolute Gasteiger partial charge is 0.491 e. The highest BCUT2D eigenvalue weighted by molar-refractivity contribution is 5.56. The Morgan fingerprint density at radius 1 is 1.12 bits per heavy atom. The fraction of sp³-hybridized carbons (Fsp3) is 0.381. The molecule has 2 N–H and O–H groups in total. The van der Waals surface area contributed by atoms with Crippen molar-refractivity contribution in [1.82, 2.24) is 0 Å². The van der Waals surface area contributed by atoms with Gasteiger partial charge in [-0.05, 0) is 42.5 Å². The third-order valence-corrected chi connectivity index (χ3v) is 4.78. The molecule has 1 aliphatic heterocycles. The lowest BCUT2D eigenvalue weighted by Crippen LogP contribution is -2.42. The van der Waals surface area contributed by atoms with Crippen molar-refractivity contribution in [2.24, 2.45) is 0 Å². The van der Waals surface area contributed by atoms with Gasteiger partial charge in [-0.3, -0.25) is 0 Å². The van der Waals surface area contributed by atoms with Gasteiger partial charge < -0.3 is 24.8 Å². The van der Waals surface area contributed by atoms with Gasteiger partial charge in [0.15, 0.2) is 0 Å². The number of rotatable bonds is 7. The maximum absolute atomic E-state index is 13.6. The average molecular weight is 475 g/mol. The summed E-state index contributed by atoms with van der Waals surface area (Å²) in [6.45, 7) is -0.355.